The van der Waals surface area contributed by atoms with E-state index in [0.717, 1.165) is 4.47 Å². The minimum Gasteiger partial charge on any atom is -0.506 e. The number of carbonyl (C=O) groups is 1. The quantitative estimate of drug-likeness (QED) is 0.616. The van der Waals surface area contributed by atoms with Gasteiger partial charge in [0.2, 0.25) is 0 Å². The zero-order chi connectivity index (χ0) is 14.5. The topological polar surface area (TPSA) is 74.6 Å². The highest BCUT2D eigenvalue weighted by Gasteiger charge is 2.06. The highest BCUT2D eigenvalue weighted by Crippen LogP contribution is 2.30. The number of aromatic nitrogens is 1. The molecular weight excluding hydrogens is 390 g/mol. The molecule has 7 heteroatoms. The number of hydrazone groups is 1. The molecule has 102 valence electrons. The van der Waals surface area contributed by atoms with E-state index in [-0.39, 0.29) is 11.7 Å². The molecule has 1 aromatic carbocycles. The van der Waals surface area contributed by atoms with Crippen molar-refractivity contribution in [2.24, 2.45) is 5.10 Å². The maximum Gasteiger partial charge on any atom is 0.271 e. The van der Waals surface area contributed by atoms with Crippen molar-refractivity contribution in [2.75, 3.05) is 0 Å². The minimum atomic E-state index is -0.350. The van der Waals surface area contributed by atoms with Crippen molar-refractivity contribution in [1.82, 2.24) is 10.4 Å². The number of phenols is 1. The molecule has 0 bridgehead atoms. The third-order valence-electron chi connectivity index (χ3n) is 2.37. The summed E-state index contributed by atoms with van der Waals surface area (Å²) in [4.78, 5) is 15.5. The normalized spacial score (nSPS) is 10.7. The van der Waals surface area contributed by atoms with Crippen LogP contribution in [0.1, 0.15) is 15.9 Å². The summed E-state index contributed by atoms with van der Waals surface area (Å²) in [5.41, 5.74) is 3.30. The van der Waals surface area contributed by atoms with Gasteiger partial charge in [-0.15, -0.1) is 0 Å². The number of amides is 1. The van der Waals surface area contributed by atoms with Gasteiger partial charge in [-0.25, -0.2) is 5.43 Å². The van der Waals surface area contributed by atoms with Crippen LogP contribution < -0.4 is 5.43 Å². The molecule has 2 aromatic rings. The van der Waals surface area contributed by atoms with Gasteiger partial charge < -0.3 is 5.11 Å². The zero-order valence-corrected chi connectivity index (χ0v) is 13.2. The Bertz CT molecular complexity index is 660. The summed E-state index contributed by atoms with van der Waals surface area (Å²) >= 11 is 6.53. The largest absolute Gasteiger partial charge is 0.506 e. The molecule has 0 unspecified atom stereocenters. The number of pyridine rings is 1. The van der Waals surface area contributed by atoms with Crippen molar-refractivity contribution in [3.8, 4) is 5.75 Å². The second-order valence-electron chi connectivity index (χ2n) is 3.76. The van der Waals surface area contributed by atoms with Crippen LogP contribution in [0.4, 0.5) is 0 Å². The fraction of sp³-hybridized carbons (Fsp3) is 0. The molecule has 0 saturated heterocycles. The van der Waals surface area contributed by atoms with Gasteiger partial charge in [-0.05, 0) is 40.2 Å². The maximum absolute atomic E-state index is 11.7. The summed E-state index contributed by atoms with van der Waals surface area (Å²) in [6.45, 7) is 0. The van der Waals surface area contributed by atoms with Crippen LogP contribution in [0.25, 0.3) is 0 Å². The van der Waals surface area contributed by atoms with E-state index in [1.165, 1.54) is 18.6 Å². The molecule has 0 aliphatic heterocycles. The van der Waals surface area contributed by atoms with Crippen molar-refractivity contribution in [1.29, 1.82) is 0 Å². The Morgan fingerprint density at radius 1 is 1.30 bits per heavy atom. The number of carbonyl (C=O) groups excluding carboxylic acids is 1. The Morgan fingerprint density at radius 2 is 2.00 bits per heavy atom. The minimum absolute atomic E-state index is 0.0510. The first-order valence-electron chi connectivity index (χ1n) is 5.49. The number of hydrogen-bond acceptors (Lipinski definition) is 4. The van der Waals surface area contributed by atoms with Crippen LogP contribution in [0.5, 0.6) is 5.75 Å². The van der Waals surface area contributed by atoms with Crippen LogP contribution in [0.15, 0.2) is 50.7 Å². The van der Waals surface area contributed by atoms with E-state index in [1.807, 2.05) is 0 Å². The zero-order valence-electron chi connectivity index (χ0n) is 10.0. The lowest BCUT2D eigenvalue weighted by molar-refractivity contribution is 0.0955. The number of nitrogens with one attached hydrogen (secondary N) is 1. The number of halogens is 2. The first-order valence-corrected chi connectivity index (χ1v) is 7.08. The van der Waals surface area contributed by atoms with Crippen LogP contribution in [-0.2, 0) is 0 Å². The summed E-state index contributed by atoms with van der Waals surface area (Å²) in [6, 6.07) is 6.56. The SMILES string of the molecule is O=C(N/N=C/c1cc(Br)cc(Br)c1O)c1ccncc1. The van der Waals surface area contributed by atoms with Gasteiger partial charge in [0.25, 0.3) is 5.91 Å². The third-order valence-corrected chi connectivity index (χ3v) is 3.43. The Balaban J connectivity index is 2.10. The molecule has 0 saturated carbocycles. The highest BCUT2D eigenvalue weighted by atomic mass is 79.9. The van der Waals surface area contributed by atoms with Gasteiger partial charge in [0, 0.05) is 28.0 Å². The molecule has 5 nitrogen and oxygen atoms in total. The molecule has 0 aliphatic carbocycles. The average molecular weight is 399 g/mol. The van der Waals surface area contributed by atoms with Crippen molar-refractivity contribution in [3.05, 3.63) is 56.7 Å². The lowest BCUT2D eigenvalue weighted by atomic mass is 10.2. The Hall–Kier alpha value is -1.73. The molecule has 0 atom stereocenters. The predicted octanol–water partition coefficient (Wildman–Crippen LogP) is 3.08. The molecule has 0 aliphatic rings. The van der Waals surface area contributed by atoms with Crippen LogP contribution in [0.3, 0.4) is 0 Å². The van der Waals surface area contributed by atoms with E-state index < -0.39 is 0 Å². The number of aromatic hydroxyl groups is 1. The van der Waals surface area contributed by atoms with Crippen LogP contribution in [0.2, 0.25) is 0 Å². The van der Waals surface area contributed by atoms with E-state index in [9.17, 15) is 9.90 Å². The van der Waals surface area contributed by atoms with Crippen LogP contribution in [0, 0.1) is 0 Å². The summed E-state index contributed by atoms with van der Waals surface area (Å²) in [5, 5.41) is 13.6. The summed E-state index contributed by atoms with van der Waals surface area (Å²) in [5.74, 6) is -0.299. The first-order chi connectivity index (χ1) is 9.58. The van der Waals surface area contributed by atoms with E-state index in [2.05, 4.69) is 47.4 Å². The van der Waals surface area contributed by atoms with Gasteiger partial charge in [-0.2, -0.15) is 5.10 Å². The molecule has 0 spiro atoms. The Kier molecular flexibility index (Phi) is 4.86. The molecule has 2 rings (SSSR count). The van der Waals surface area contributed by atoms with E-state index in [4.69, 9.17) is 0 Å². The van der Waals surface area contributed by atoms with Crippen molar-refractivity contribution >= 4 is 44.0 Å². The number of phenolic OH excluding ortho intramolecular Hbond substituents is 1. The number of nitrogens with zero attached hydrogens (tertiary/aromatic N) is 2. The predicted molar refractivity (Wildman–Crippen MR) is 82.8 cm³/mol. The first kappa shape index (κ1) is 14.7. The molecule has 1 aromatic heterocycles. The Labute approximate surface area is 132 Å². The monoisotopic (exact) mass is 397 g/mol. The fourth-order valence-corrected chi connectivity index (χ4v) is 2.67. The van der Waals surface area contributed by atoms with Crippen molar-refractivity contribution in [3.63, 3.8) is 0 Å². The third kappa shape index (κ3) is 3.64. The molecule has 20 heavy (non-hydrogen) atoms. The van der Waals surface area contributed by atoms with Gasteiger partial charge in [-0.3, -0.25) is 9.78 Å². The number of hydrogen-bond donors (Lipinski definition) is 2. The molecular formula is C13H9Br2N3O2. The number of benzene rings is 1. The summed E-state index contributed by atoms with van der Waals surface area (Å²) in [7, 11) is 0. The Morgan fingerprint density at radius 3 is 2.70 bits per heavy atom. The molecule has 2 N–H and O–H groups in total. The second-order valence-corrected chi connectivity index (χ2v) is 5.53. The summed E-state index contributed by atoms with van der Waals surface area (Å²) in [6.07, 6.45) is 4.41. The number of rotatable bonds is 3. The van der Waals surface area contributed by atoms with E-state index in [0.29, 0.717) is 15.6 Å². The lowest BCUT2D eigenvalue weighted by Gasteiger charge is -2.03. The lowest BCUT2D eigenvalue weighted by Crippen LogP contribution is -2.17. The molecule has 1 heterocycles. The highest BCUT2D eigenvalue weighted by molar-refractivity contribution is 9.11. The molecule has 0 fully saturated rings. The average Bonchev–Trinajstić information content (AvgIpc) is 2.44. The standard InChI is InChI=1S/C13H9Br2N3O2/c14-10-5-9(12(19)11(15)6-10)7-17-18-13(20)8-1-3-16-4-2-8/h1-7,19H,(H,18,20)/b17-7+. The van der Waals surface area contributed by atoms with Gasteiger partial charge in [0.05, 0.1) is 10.7 Å². The second kappa shape index (κ2) is 6.62. The van der Waals surface area contributed by atoms with Crippen LogP contribution >= 0.6 is 31.9 Å². The van der Waals surface area contributed by atoms with Gasteiger partial charge in [0.1, 0.15) is 5.75 Å². The van der Waals surface area contributed by atoms with Crippen LogP contribution in [-0.4, -0.2) is 22.2 Å². The maximum atomic E-state index is 11.7. The smallest absolute Gasteiger partial charge is 0.271 e. The van der Waals surface area contributed by atoms with Crippen molar-refractivity contribution in [2.45, 2.75) is 0 Å². The van der Waals surface area contributed by atoms with E-state index in [1.54, 1.807) is 24.3 Å². The molecule has 1 amide bonds. The fourth-order valence-electron chi connectivity index (χ4n) is 1.41. The van der Waals surface area contributed by atoms with Gasteiger partial charge in [-0.1, -0.05) is 15.9 Å². The van der Waals surface area contributed by atoms with Crippen molar-refractivity contribution < 1.29 is 9.90 Å². The van der Waals surface area contributed by atoms with E-state index >= 15 is 0 Å². The summed E-state index contributed by atoms with van der Waals surface area (Å²) < 4.78 is 1.32. The molecule has 0 radical (unpaired) electrons. The van der Waals surface area contributed by atoms with Gasteiger partial charge in [0.15, 0.2) is 0 Å². The van der Waals surface area contributed by atoms with Gasteiger partial charge >= 0.3 is 0 Å².